The molecule has 2 aliphatic heterocycles. The molecule has 4 amide bonds. The Balaban J connectivity index is 1.43. The molecule has 0 radical (unpaired) electrons. The fraction of sp³-hybridized carbons (Fsp3) is 0.200. The molecule has 0 aromatic heterocycles. The van der Waals surface area contributed by atoms with Crippen LogP contribution < -0.4 is 20.3 Å². The van der Waals surface area contributed by atoms with Crippen LogP contribution in [0.25, 0.3) is 0 Å². The molecular weight excluding hydrogens is 544 g/mol. The summed E-state index contributed by atoms with van der Waals surface area (Å²) < 4.78 is 0. The molecule has 3 aromatic rings. The molecule has 0 spiro atoms. The number of hydrogen-bond acceptors (Lipinski definition) is 8. The quantitative estimate of drug-likeness (QED) is 0.196. The van der Waals surface area contributed by atoms with Gasteiger partial charge in [0.1, 0.15) is 11.4 Å². The Labute approximate surface area is 238 Å². The second kappa shape index (κ2) is 9.22. The molecule has 2 heterocycles. The number of carbonyl (C=O) groups is 4. The molecule has 3 aromatic carbocycles. The van der Waals surface area contributed by atoms with Crippen molar-refractivity contribution < 1.29 is 40.0 Å². The first kappa shape index (κ1) is 26.3. The zero-order chi connectivity index (χ0) is 29.5. The van der Waals surface area contributed by atoms with Crippen LogP contribution >= 0.6 is 0 Å². The van der Waals surface area contributed by atoms with Gasteiger partial charge in [-0.15, -0.1) is 0 Å². The largest absolute Gasteiger partial charge is 0.595 e. The summed E-state index contributed by atoms with van der Waals surface area (Å²) in [4.78, 5) is 58.8. The lowest BCUT2D eigenvalue weighted by molar-refractivity contribution is -0.990. The number of para-hydroxylation sites is 4. The van der Waals surface area contributed by atoms with E-state index in [4.69, 9.17) is 0 Å². The van der Waals surface area contributed by atoms with Crippen LogP contribution in [0.4, 0.5) is 22.7 Å². The number of nitrogens with one attached hydrogen (secondary N) is 2. The number of hydrogen-bond donors (Lipinski definition) is 4. The van der Waals surface area contributed by atoms with Crippen molar-refractivity contribution in [2.75, 3.05) is 9.80 Å². The first-order chi connectivity index (χ1) is 20.2. The Bertz CT molecular complexity index is 1590. The molecule has 8 atom stereocenters. The van der Waals surface area contributed by atoms with Crippen LogP contribution in [0, 0.1) is 40.0 Å². The molecule has 12 nitrogen and oxygen atoms in total. The van der Waals surface area contributed by atoms with E-state index in [1.807, 2.05) is 0 Å². The molecule has 2 saturated heterocycles. The van der Waals surface area contributed by atoms with Gasteiger partial charge in [0.15, 0.2) is 11.4 Å². The second-order valence-corrected chi connectivity index (χ2v) is 10.9. The molecule has 212 valence electrons. The predicted molar refractivity (Wildman–Crippen MR) is 144 cm³/mol. The van der Waals surface area contributed by atoms with Gasteiger partial charge in [-0.05, 0) is 17.7 Å². The lowest BCUT2D eigenvalue weighted by Gasteiger charge is -2.53. The molecule has 5 aliphatic rings. The van der Waals surface area contributed by atoms with E-state index >= 15 is 0 Å². The topological polar surface area (TPSA) is 170 Å². The number of benzene rings is 3. The predicted octanol–water partition coefficient (Wildman–Crippen LogP) is 0.542. The molecule has 2 bridgehead atoms. The van der Waals surface area contributed by atoms with Crippen LogP contribution in [-0.2, 0) is 24.6 Å². The number of allylic oxidation sites excluding steroid dienone is 2. The maximum Gasteiger partial charge on any atom is 0.239 e. The van der Waals surface area contributed by atoms with Gasteiger partial charge in [-0.1, -0.05) is 66.7 Å². The Morgan fingerprint density at radius 3 is 1.50 bits per heavy atom. The van der Waals surface area contributed by atoms with Crippen molar-refractivity contribution in [3.8, 4) is 0 Å². The number of imide groups is 2. The standard InChI is InChI=1S/C30H24N4O8/c35-26-22-17-14-15-30(16-8-2-1-3-9-16,24(22)28(37)31(26)18-10-4-6-12-20(18)33(39)40)25-23(17)27(36)32(29(25)38)19-11-5-7-13-21(19)34(41)42/h1-15,17,22-25,33-34,39,41H/t17?,22-,23+,24-,25-,30?/m1/s1. The smallest absolute Gasteiger partial charge is 0.239 e. The summed E-state index contributed by atoms with van der Waals surface area (Å²) in [5.41, 5.74) is -1.47. The van der Waals surface area contributed by atoms with Crippen LogP contribution in [0.15, 0.2) is 91.0 Å². The van der Waals surface area contributed by atoms with Gasteiger partial charge in [-0.2, -0.15) is 10.5 Å². The number of quaternary nitrogens is 2. The summed E-state index contributed by atoms with van der Waals surface area (Å²) in [5.74, 6) is -7.72. The Hall–Kier alpha value is -4.56. The fourth-order valence-corrected chi connectivity index (χ4v) is 7.65. The molecule has 8 rings (SSSR count). The lowest BCUT2D eigenvalue weighted by Crippen LogP contribution is -2.99. The summed E-state index contributed by atoms with van der Waals surface area (Å²) in [5, 5.41) is 41.0. The van der Waals surface area contributed by atoms with Crippen molar-refractivity contribution in [3.05, 3.63) is 107 Å². The second-order valence-electron chi connectivity index (χ2n) is 10.9. The van der Waals surface area contributed by atoms with Crippen molar-refractivity contribution in [2.45, 2.75) is 5.41 Å². The number of amides is 4. The van der Waals surface area contributed by atoms with Crippen molar-refractivity contribution in [1.29, 1.82) is 0 Å². The van der Waals surface area contributed by atoms with Crippen LogP contribution in [0.5, 0.6) is 0 Å². The minimum atomic E-state index is -1.43. The number of anilines is 2. The molecular formula is C30H24N4O8. The van der Waals surface area contributed by atoms with Gasteiger partial charge in [0, 0.05) is 23.5 Å². The third kappa shape index (κ3) is 3.27. The van der Waals surface area contributed by atoms with Gasteiger partial charge in [-0.3, -0.25) is 19.2 Å². The molecule has 3 fully saturated rings. The minimum absolute atomic E-state index is 0.0724. The van der Waals surface area contributed by atoms with Gasteiger partial charge < -0.3 is 10.4 Å². The van der Waals surface area contributed by atoms with Gasteiger partial charge in [0.05, 0.1) is 23.7 Å². The fourth-order valence-electron chi connectivity index (χ4n) is 7.65. The van der Waals surface area contributed by atoms with Crippen LogP contribution in [0.1, 0.15) is 5.56 Å². The van der Waals surface area contributed by atoms with E-state index in [0.29, 0.717) is 5.56 Å². The Morgan fingerprint density at radius 2 is 1.05 bits per heavy atom. The van der Waals surface area contributed by atoms with Gasteiger partial charge >= 0.3 is 0 Å². The summed E-state index contributed by atoms with van der Waals surface area (Å²) in [6.07, 6.45) is 3.45. The average molecular weight is 569 g/mol. The Kier molecular flexibility index (Phi) is 5.79. The highest BCUT2D eigenvalue weighted by atomic mass is 16.8. The van der Waals surface area contributed by atoms with E-state index in [1.165, 1.54) is 48.5 Å². The van der Waals surface area contributed by atoms with Crippen molar-refractivity contribution in [3.63, 3.8) is 0 Å². The highest BCUT2D eigenvalue weighted by Gasteiger charge is 2.75. The summed E-state index contributed by atoms with van der Waals surface area (Å²) in [6, 6.07) is 20.2. The molecule has 12 heteroatoms. The maximum absolute atomic E-state index is 14.4. The summed E-state index contributed by atoms with van der Waals surface area (Å²) in [6.45, 7) is 0. The maximum atomic E-state index is 14.4. The van der Waals surface area contributed by atoms with Gasteiger partial charge in [0.25, 0.3) is 0 Å². The molecule has 4 unspecified atom stereocenters. The number of carbonyl (C=O) groups excluding carboxylic acids is 4. The highest BCUT2D eigenvalue weighted by molar-refractivity contribution is 6.28. The van der Waals surface area contributed by atoms with E-state index in [2.05, 4.69) is 0 Å². The first-order valence-electron chi connectivity index (χ1n) is 13.3. The molecule has 42 heavy (non-hydrogen) atoms. The molecule has 1 saturated carbocycles. The number of nitrogens with zero attached hydrogens (tertiary/aromatic N) is 2. The third-order valence-corrected chi connectivity index (χ3v) is 9.18. The third-order valence-electron chi connectivity index (χ3n) is 9.18. The Morgan fingerprint density at radius 1 is 0.619 bits per heavy atom. The normalized spacial score (nSPS) is 31.0. The van der Waals surface area contributed by atoms with Gasteiger partial charge in [-0.25, -0.2) is 20.2 Å². The monoisotopic (exact) mass is 568 g/mol. The minimum Gasteiger partial charge on any atom is -0.595 e. The van der Waals surface area contributed by atoms with Crippen LogP contribution in [-0.4, -0.2) is 34.0 Å². The first-order valence-corrected chi connectivity index (χ1v) is 13.3. The van der Waals surface area contributed by atoms with Gasteiger partial charge in [0.2, 0.25) is 23.6 Å². The number of rotatable bonds is 5. The lowest BCUT2D eigenvalue weighted by atomic mass is 9.45. The molecule has 4 N–H and O–H groups in total. The zero-order valence-corrected chi connectivity index (χ0v) is 21.8. The highest BCUT2D eigenvalue weighted by Crippen LogP contribution is 2.65. The van der Waals surface area contributed by atoms with E-state index in [9.17, 15) is 40.0 Å². The molecule has 3 aliphatic carbocycles. The van der Waals surface area contributed by atoms with Crippen molar-refractivity contribution in [1.82, 2.24) is 0 Å². The SMILES string of the molecule is O=C1[C@@H]2C3C=CC(c4ccccc4)([C@H]2C(=O)N1c1ccccc1[NH+]([O-])O)[C@H]1C(=O)N(c2ccccc2[NH+]([O-])O)C(=O)[C@@H]31. The van der Waals surface area contributed by atoms with Crippen LogP contribution in [0.3, 0.4) is 0 Å². The van der Waals surface area contributed by atoms with E-state index in [1.54, 1.807) is 42.5 Å². The van der Waals surface area contributed by atoms with Crippen molar-refractivity contribution in [2.24, 2.45) is 29.6 Å². The van der Waals surface area contributed by atoms with E-state index < -0.39 is 69.1 Å². The van der Waals surface area contributed by atoms with E-state index in [-0.39, 0.29) is 22.7 Å². The summed E-state index contributed by atoms with van der Waals surface area (Å²) >= 11 is 0. The zero-order valence-electron chi connectivity index (χ0n) is 21.8. The summed E-state index contributed by atoms with van der Waals surface area (Å²) in [7, 11) is 0. The van der Waals surface area contributed by atoms with E-state index in [0.717, 1.165) is 9.80 Å². The van der Waals surface area contributed by atoms with Crippen molar-refractivity contribution >= 4 is 46.4 Å². The average Bonchev–Trinajstić information content (AvgIpc) is 3.44. The van der Waals surface area contributed by atoms with Crippen LogP contribution in [0.2, 0.25) is 0 Å².